The Hall–Kier alpha value is -1.75. The summed E-state index contributed by atoms with van der Waals surface area (Å²) in [6.45, 7) is 2.20. The molecule has 0 atom stereocenters. The van der Waals surface area contributed by atoms with E-state index in [1.54, 1.807) is 10.9 Å². The van der Waals surface area contributed by atoms with E-state index in [-0.39, 0.29) is 6.61 Å². The molecule has 0 aliphatic rings. The Kier molecular flexibility index (Phi) is 4.04. The number of carbonyl (C=O) groups is 1. The predicted octanol–water partition coefficient (Wildman–Crippen LogP) is 3.44. The van der Waals surface area contributed by atoms with Crippen LogP contribution < -0.4 is 5.43 Å². The van der Waals surface area contributed by atoms with E-state index in [1.165, 1.54) is 0 Å². The number of aryl methyl sites for hydroxylation is 1. The molecule has 0 aliphatic carbocycles. The lowest BCUT2D eigenvalue weighted by molar-refractivity contribution is 0.151. The molecule has 94 valence electrons. The van der Waals surface area contributed by atoms with E-state index in [0.717, 1.165) is 15.7 Å². The summed E-state index contributed by atoms with van der Waals surface area (Å²) in [6, 6.07) is 11.4. The van der Waals surface area contributed by atoms with E-state index in [0.29, 0.717) is 0 Å². The Morgan fingerprint density at radius 3 is 2.67 bits per heavy atom. The van der Waals surface area contributed by atoms with Crippen LogP contribution in [0.4, 0.5) is 4.79 Å². The van der Waals surface area contributed by atoms with Crippen molar-refractivity contribution in [2.45, 2.75) is 13.5 Å². The third-order valence-corrected chi connectivity index (χ3v) is 3.44. The summed E-state index contributed by atoms with van der Waals surface area (Å²) in [5.41, 5.74) is 4.60. The summed E-state index contributed by atoms with van der Waals surface area (Å²) in [6.07, 6.45) is 1.26. The lowest BCUT2D eigenvalue weighted by Gasteiger charge is -2.09. The third kappa shape index (κ3) is 3.13. The van der Waals surface area contributed by atoms with Crippen molar-refractivity contribution in [1.29, 1.82) is 0 Å². The van der Waals surface area contributed by atoms with Crippen molar-refractivity contribution in [1.82, 2.24) is 4.68 Å². The van der Waals surface area contributed by atoms with Gasteiger partial charge in [-0.05, 0) is 40.0 Å². The van der Waals surface area contributed by atoms with Crippen LogP contribution in [-0.4, -0.2) is 10.8 Å². The maximum absolute atomic E-state index is 11.6. The average Bonchev–Trinajstić information content (AvgIpc) is 2.70. The van der Waals surface area contributed by atoms with Gasteiger partial charge in [-0.25, -0.2) is 10.2 Å². The second-order valence-corrected chi connectivity index (χ2v) is 4.58. The molecule has 1 aromatic carbocycles. The van der Waals surface area contributed by atoms with Gasteiger partial charge < -0.3 is 4.74 Å². The Labute approximate surface area is 114 Å². The zero-order chi connectivity index (χ0) is 13.0. The smallest absolute Gasteiger partial charge is 0.426 e. The maximum atomic E-state index is 11.6. The normalized spacial score (nSPS) is 10.1. The number of aromatic nitrogens is 1. The fourth-order valence-electron chi connectivity index (χ4n) is 1.45. The molecule has 1 aromatic heterocycles. The van der Waals surface area contributed by atoms with Crippen LogP contribution in [0.2, 0.25) is 0 Å². The molecule has 4 nitrogen and oxygen atoms in total. The topological polar surface area (TPSA) is 43.3 Å². The number of amides is 1. The van der Waals surface area contributed by atoms with Gasteiger partial charge in [-0.1, -0.05) is 30.3 Å². The number of benzene rings is 1. The number of hydrogen-bond acceptors (Lipinski definition) is 2. The summed E-state index contributed by atoms with van der Waals surface area (Å²) in [4.78, 5) is 11.6. The molecule has 1 heterocycles. The van der Waals surface area contributed by atoms with Crippen LogP contribution in [0.25, 0.3) is 0 Å². The zero-order valence-electron chi connectivity index (χ0n) is 9.89. The summed E-state index contributed by atoms with van der Waals surface area (Å²) >= 11 is 3.37. The highest BCUT2D eigenvalue weighted by Gasteiger charge is 2.07. The summed E-state index contributed by atoms with van der Waals surface area (Å²) < 4.78 is 7.48. The molecule has 0 spiro atoms. The first-order valence-corrected chi connectivity index (χ1v) is 6.27. The molecule has 0 bridgehead atoms. The minimum Gasteiger partial charge on any atom is -0.443 e. The van der Waals surface area contributed by atoms with E-state index < -0.39 is 6.09 Å². The first-order chi connectivity index (χ1) is 8.66. The minimum absolute atomic E-state index is 0.255. The number of hydrogen-bond donors (Lipinski definition) is 1. The fraction of sp³-hybridized carbons (Fsp3) is 0.154. The van der Waals surface area contributed by atoms with Gasteiger partial charge in [0.05, 0.1) is 0 Å². The zero-order valence-corrected chi connectivity index (χ0v) is 11.5. The first-order valence-electron chi connectivity index (χ1n) is 5.48. The number of halogens is 1. The van der Waals surface area contributed by atoms with Gasteiger partial charge in [-0.3, -0.25) is 4.68 Å². The van der Waals surface area contributed by atoms with Crippen molar-refractivity contribution in [3.63, 3.8) is 0 Å². The van der Waals surface area contributed by atoms with Gasteiger partial charge in [0, 0.05) is 6.20 Å². The highest BCUT2D eigenvalue weighted by atomic mass is 79.9. The van der Waals surface area contributed by atoms with Crippen molar-refractivity contribution in [3.8, 4) is 0 Å². The number of nitrogens with one attached hydrogen (secondary N) is 1. The second kappa shape index (κ2) is 5.73. The molecule has 0 saturated carbocycles. The lowest BCUT2D eigenvalue weighted by Crippen LogP contribution is -2.23. The van der Waals surface area contributed by atoms with E-state index in [9.17, 15) is 4.79 Å². The van der Waals surface area contributed by atoms with Gasteiger partial charge in [-0.15, -0.1) is 0 Å². The van der Waals surface area contributed by atoms with Gasteiger partial charge in [0.2, 0.25) is 0 Å². The molecule has 1 amide bonds. The number of nitrogens with zero attached hydrogens (tertiary/aromatic N) is 1. The molecular weight excluding hydrogens is 296 g/mol. The third-order valence-electron chi connectivity index (χ3n) is 2.44. The molecular formula is C13H13BrN2O2. The first kappa shape index (κ1) is 12.7. The molecule has 18 heavy (non-hydrogen) atoms. The summed E-state index contributed by atoms with van der Waals surface area (Å²) in [7, 11) is 0. The largest absolute Gasteiger partial charge is 0.443 e. The maximum Gasteiger partial charge on any atom is 0.426 e. The molecule has 0 unspecified atom stereocenters. The van der Waals surface area contributed by atoms with Crippen molar-refractivity contribution < 1.29 is 9.53 Å². The van der Waals surface area contributed by atoms with E-state index >= 15 is 0 Å². The summed E-state index contributed by atoms with van der Waals surface area (Å²) in [5, 5.41) is 0. The Morgan fingerprint density at radius 2 is 2.06 bits per heavy atom. The quantitative estimate of drug-likeness (QED) is 0.944. The van der Waals surface area contributed by atoms with Gasteiger partial charge in [-0.2, -0.15) is 0 Å². The average molecular weight is 309 g/mol. The lowest BCUT2D eigenvalue weighted by atomic mass is 10.2. The highest BCUT2D eigenvalue weighted by Crippen LogP contribution is 2.15. The van der Waals surface area contributed by atoms with E-state index in [1.807, 2.05) is 43.3 Å². The van der Waals surface area contributed by atoms with Crippen LogP contribution in [0, 0.1) is 6.92 Å². The Bertz CT molecular complexity index is 537. The molecule has 0 radical (unpaired) electrons. The van der Waals surface area contributed by atoms with Crippen molar-refractivity contribution in [2.75, 3.05) is 5.43 Å². The van der Waals surface area contributed by atoms with Crippen molar-refractivity contribution in [3.05, 3.63) is 58.3 Å². The molecule has 1 N–H and O–H groups in total. The summed E-state index contributed by atoms with van der Waals surface area (Å²) in [5.74, 6) is 0. The van der Waals surface area contributed by atoms with Gasteiger partial charge in [0.15, 0.2) is 0 Å². The second-order valence-electron chi connectivity index (χ2n) is 3.83. The Balaban J connectivity index is 1.88. The SMILES string of the molecule is Cc1ccn(NC(=O)OCc2ccccc2)c1Br. The van der Waals surface area contributed by atoms with Gasteiger partial charge in [0.1, 0.15) is 11.2 Å². The van der Waals surface area contributed by atoms with Gasteiger partial charge in [0.25, 0.3) is 0 Å². The monoisotopic (exact) mass is 308 g/mol. The minimum atomic E-state index is -0.491. The fourth-order valence-corrected chi connectivity index (χ4v) is 1.79. The van der Waals surface area contributed by atoms with Crippen LogP contribution in [0.1, 0.15) is 11.1 Å². The van der Waals surface area contributed by atoms with Crippen LogP contribution in [0.15, 0.2) is 47.2 Å². The molecule has 5 heteroatoms. The van der Waals surface area contributed by atoms with Gasteiger partial charge >= 0.3 is 6.09 Å². The number of carbonyl (C=O) groups excluding carboxylic acids is 1. The Morgan fingerprint density at radius 1 is 1.33 bits per heavy atom. The van der Waals surface area contributed by atoms with Crippen LogP contribution in [0.5, 0.6) is 0 Å². The standard InChI is InChI=1S/C13H13BrN2O2/c1-10-7-8-16(12(10)14)15-13(17)18-9-11-5-3-2-4-6-11/h2-8H,9H2,1H3,(H,15,17). The molecule has 2 aromatic rings. The number of ether oxygens (including phenoxy) is 1. The number of rotatable bonds is 3. The van der Waals surface area contributed by atoms with Crippen LogP contribution in [0.3, 0.4) is 0 Å². The molecule has 2 rings (SSSR count). The van der Waals surface area contributed by atoms with Crippen LogP contribution >= 0.6 is 15.9 Å². The predicted molar refractivity (Wildman–Crippen MR) is 72.9 cm³/mol. The molecule has 0 aliphatic heterocycles. The van der Waals surface area contributed by atoms with Crippen LogP contribution in [-0.2, 0) is 11.3 Å². The van der Waals surface area contributed by atoms with E-state index in [2.05, 4.69) is 21.4 Å². The van der Waals surface area contributed by atoms with Crippen molar-refractivity contribution in [2.24, 2.45) is 0 Å². The highest BCUT2D eigenvalue weighted by molar-refractivity contribution is 9.10. The molecule has 0 saturated heterocycles. The van der Waals surface area contributed by atoms with E-state index in [4.69, 9.17) is 4.74 Å². The van der Waals surface area contributed by atoms with Crippen molar-refractivity contribution >= 4 is 22.0 Å². The molecule has 0 fully saturated rings.